The van der Waals surface area contributed by atoms with Crippen LogP contribution in [0, 0.1) is 5.92 Å². The number of thioether (sulfide) groups is 1. The van der Waals surface area contributed by atoms with Crippen LogP contribution < -0.4 is 10.2 Å². The molecule has 1 N–H and O–H groups in total. The summed E-state index contributed by atoms with van der Waals surface area (Å²) in [7, 11) is 0. The van der Waals surface area contributed by atoms with Gasteiger partial charge in [0.1, 0.15) is 0 Å². The molecule has 0 unspecified atom stereocenters. The summed E-state index contributed by atoms with van der Waals surface area (Å²) in [5.74, 6) is -0.416. The third-order valence-electron chi connectivity index (χ3n) is 4.34. The molecule has 2 aliphatic heterocycles. The molecule has 2 heterocycles. The van der Waals surface area contributed by atoms with Gasteiger partial charge < -0.3 is 10.2 Å². The molecule has 2 aliphatic rings. The predicted molar refractivity (Wildman–Crippen MR) is 101 cm³/mol. The SMILES string of the molecule is CC(=O)NC1=NN(C(C)=O)[C@]2(S1)C(=O)N(CCC(C)C)c1ccccc12. The van der Waals surface area contributed by atoms with Crippen molar-refractivity contribution in [1.82, 2.24) is 10.3 Å². The minimum atomic E-state index is -1.29. The number of benzene rings is 1. The van der Waals surface area contributed by atoms with E-state index < -0.39 is 4.87 Å². The highest BCUT2D eigenvalue weighted by Crippen LogP contribution is 2.54. The van der Waals surface area contributed by atoms with Crippen molar-refractivity contribution >= 4 is 40.3 Å². The van der Waals surface area contributed by atoms with Crippen LogP contribution in [0.3, 0.4) is 0 Å². The number of anilines is 1. The number of nitrogens with one attached hydrogen (secondary N) is 1. The van der Waals surface area contributed by atoms with E-state index in [-0.39, 0.29) is 22.9 Å². The molecule has 0 aromatic heterocycles. The number of carbonyl (C=O) groups excluding carboxylic acids is 3. The quantitative estimate of drug-likeness (QED) is 0.880. The zero-order chi connectivity index (χ0) is 19.1. The fraction of sp³-hybridized carbons (Fsp3) is 0.444. The summed E-state index contributed by atoms with van der Waals surface area (Å²) in [6, 6.07) is 7.45. The van der Waals surface area contributed by atoms with E-state index in [4.69, 9.17) is 0 Å². The van der Waals surface area contributed by atoms with E-state index in [9.17, 15) is 14.4 Å². The van der Waals surface area contributed by atoms with E-state index in [1.165, 1.54) is 18.9 Å². The van der Waals surface area contributed by atoms with E-state index in [2.05, 4.69) is 24.3 Å². The molecule has 138 valence electrons. The van der Waals surface area contributed by atoms with Gasteiger partial charge in [-0.2, -0.15) is 5.01 Å². The van der Waals surface area contributed by atoms with Crippen LogP contribution >= 0.6 is 11.8 Å². The van der Waals surface area contributed by atoms with Crippen LogP contribution in [0.4, 0.5) is 5.69 Å². The van der Waals surface area contributed by atoms with Crippen LogP contribution in [0.2, 0.25) is 0 Å². The summed E-state index contributed by atoms with van der Waals surface area (Å²) >= 11 is 1.11. The van der Waals surface area contributed by atoms with Crippen LogP contribution in [0.25, 0.3) is 0 Å². The second-order valence-corrected chi connectivity index (χ2v) is 8.00. The van der Waals surface area contributed by atoms with Crippen molar-refractivity contribution in [3.8, 4) is 0 Å². The number of rotatable bonds is 3. The Bertz CT molecular complexity index is 807. The van der Waals surface area contributed by atoms with E-state index in [0.717, 1.165) is 29.4 Å². The summed E-state index contributed by atoms with van der Waals surface area (Å²) in [4.78, 5) is 37.6. The molecule has 0 saturated carbocycles. The zero-order valence-corrected chi connectivity index (χ0v) is 16.1. The minimum absolute atomic E-state index is 0.205. The molecular weight excluding hydrogens is 352 g/mol. The summed E-state index contributed by atoms with van der Waals surface area (Å²) in [6.07, 6.45) is 0.848. The van der Waals surface area contributed by atoms with E-state index >= 15 is 0 Å². The number of amidine groups is 1. The van der Waals surface area contributed by atoms with Gasteiger partial charge in [-0.05, 0) is 30.2 Å². The molecule has 0 fully saturated rings. The van der Waals surface area contributed by atoms with Gasteiger partial charge in [-0.25, -0.2) is 0 Å². The highest BCUT2D eigenvalue weighted by atomic mass is 32.2. The molecule has 0 radical (unpaired) electrons. The van der Waals surface area contributed by atoms with Gasteiger partial charge in [-0.1, -0.05) is 32.0 Å². The van der Waals surface area contributed by atoms with Crippen LogP contribution in [0.15, 0.2) is 29.4 Å². The minimum Gasteiger partial charge on any atom is -0.309 e. The Balaban J connectivity index is 2.07. The Morgan fingerprint density at radius 1 is 1.27 bits per heavy atom. The Morgan fingerprint density at radius 3 is 2.58 bits per heavy atom. The highest BCUT2D eigenvalue weighted by molar-refractivity contribution is 8.15. The lowest BCUT2D eigenvalue weighted by Crippen LogP contribution is -2.48. The van der Waals surface area contributed by atoms with Crippen molar-refractivity contribution in [3.05, 3.63) is 29.8 Å². The van der Waals surface area contributed by atoms with E-state index in [0.29, 0.717) is 12.5 Å². The maximum absolute atomic E-state index is 13.5. The van der Waals surface area contributed by atoms with Gasteiger partial charge in [0.15, 0.2) is 5.17 Å². The average molecular weight is 374 g/mol. The van der Waals surface area contributed by atoms with Gasteiger partial charge in [0, 0.05) is 26.0 Å². The smallest absolute Gasteiger partial charge is 0.270 e. The summed E-state index contributed by atoms with van der Waals surface area (Å²) in [6.45, 7) is 7.51. The van der Waals surface area contributed by atoms with Crippen molar-refractivity contribution in [1.29, 1.82) is 0 Å². The topological polar surface area (TPSA) is 82.1 Å². The van der Waals surface area contributed by atoms with Gasteiger partial charge in [0.25, 0.3) is 5.91 Å². The molecule has 8 heteroatoms. The lowest BCUT2D eigenvalue weighted by atomic mass is 10.1. The molecule has 0 bridgehead atoms. The molecule has 1 spiro atoms. The maximum atomic E-state index is 13.5. The lowest BCUT2D eigenvalue weighted by molar-refractivity contribution is -0.139. The Labute approximate surface area is 156 Å². The van der Waals surface area contributed by atoms with Crippen molar-refractivity contribution in [3.63, 3.8) is 0 Å². The number of carbonyl (C=O) groups is 3. The van der Waals surface area contributed by atoms with Crippen molar-refractivity contribution in [2.75, 3.05) is 11.4 Å². The Hall–Kier alpha value is -2.35. The van der Waals surface area contributed by atoms with Gasteiger partial charge in [0.05, 0.1) is 5.69 Å². The zero-order valence-electron chi connectivity index (χ0n) is 15.3. The molecule has 1 aromatic carbocycles. The summed E-state index contributed by atoms with van der Waals surface area (Å²) in [5.41, 5.74) is 1.51. The van der Waals surface area contributed by atoms with Crippen LogP contribution in [-0.2, 0) is 19.3 Å². The molecule has 3 rings (SSSR count). The predicted octanol–water partition coefficient (Wildman–Crippen LogP) is 2.23. The first-order valence-corrected chi connectivity index (χ1v) is 9.36. The van der Waals surface area contributed by atoms with Crippen LogP contribution in [0.5, 0.6) is 0 Å². The van der Waals surface area contributed by atoms with Crippen molar-refractivity contribution in [2.45, 2.75) is 39.0 Å². The highest BCUT2D eigenvalue weighted by Gasteiger charge is 2.60. The second kappa shape index (κ2) is 6.75. The molecule has 3 amide bonds. The first kappa shape index (κ1) is 18.4. The number of nitrogens with zero attached hydrogens (tertiary/aromatic N) is 3. The molecule has 26 heavy (non-hydrogen) atoms. The molecular formula is C18H22N4O3S. The monoisotopic (exact) mass is 374 g/mol. The first-order valence-electron chi connectivity index (χ1n) is 8.55. The van der Waals surface area contributed by atoms with E-state index in [1.807, 2.05) is 24.3 Å². The Kier molecular flexibility index (Phi) is 4.79. The normalized spacial score (nSPS) is 21.4. The Morgan fingerprint density at radius 2 is 1.96 bits per heavy atom. The maximum Gasteiger partial charge on any atom is 0.270 e. The van der Waals surface area contributed by atoms with Crippen LogP contribution in [-0.4, -0.2) is 34.4 Å². The van der Waals surface area contributed by atoms with Gasteiger partial charge in [-0.3, -0.25) is 14.4 Å². The van der Waals surface area contributed by atoms with E-state index in [1.54, 1.807) is 4.90 Å². The standard InChI is InChI=1S/C18H22N4O3S/c1-11(2)9-10-21-15-8-6-5-7-14(15)18(16(21)25)22(13(4)24)20-17(26-18)19-12(3)23/h5-8,11H,9-10H2,1-4H3,(H,19,20,23)/t18-/m1/s1. The summed E-state index contributed by atoms with van der Waals surface area (Å²) in [5, 5.41) is 8.27. The number of hydrogen-bond acceptors (Lipinski definition) is 5. The van der Waals surface area contributed by atoms with Crippen molar-refractivity contribution in [2.24, 2.45) is 11.0 Å². The molecule has 0 saturated heterocycles. The third kappa shape index (κ3) is 2.88. The van der Waals surface area contributed by atoms with Gasteiger partial charge in [0.2, 0.25) is 16.7 Å². The fourth-order valence-electron chi connectivity index (χ4n) is 3.17. The number of hydrazone groups is 1. The molecule has 1 atom stereocenters. The molecule has 1 aromatic rings. The van der Waals surface area contributed by atoms with Crippen molar-refractivity contribution < 1.29 is 14.4 Å². The first-order chi connectivity index (χ1) is 12.3. The number of amides is 3. The third-order valence-corrected chi connectivity index (χ3v) is 5.58. The average Bonchev–Trinajstić information content (AvgIpc) is 3.04. The lowest BCUT2D eigenvalue weighted by Gasteiger charge is -2.29. The largest absolute Gasteiger partial charge is 0.309 e. The summed E-state index contributed by atoms with van der Waals surface area (Å²) < 4.78 is 0. The van der Waals surface area contributed by atoms with Crippen LogP contribution in [0.1, 0.15) is 39.7 Å². The number of fused-ring (bicyclic) bond motifs is 2. The second-order valence-electron chi connectivity index (χ2n) is 6.82. The van der Waals surface area contributed by atoms with Gasteiger partial charge in [-0.15, -0.1) is 5.10 Å². The fourth-order valence-corrected chi connectivity index (χ4v) is 4.51. The molecule has 0 aliphatic carbocycles. The molecule has 7 nitrogen and oxygen atoms in total. The van der Waals surface area contributed by atoms with Gasteiger partial charge >= 0.3 is 0 Å². The number of hydrogen-bond donors (Lipinski definition) is 1. The number of para-hydroxylation sites is 1.